The van der Waals surface area contributed by atoms with Crippen LogP contribution in [0.3, 0.4) is 0 Å². The van der Waals surface area contributed by atoms with E-state index in [2.05, 4.69) is 83.1 Å². The maximum atomic E-state index is 2.47. The van der Waals surface area contributed by atoms with E-state index in [0.29, 0.717) is 0 Å². The van der Waals surface area contributed by atoms with Gasteiger partial charge in [0.05, 0.1) is 0 Å². The normalized spacial score (nSPS) is 24.0. The fourth-order valence-electron chi connectivity index (χ4n) is 4.60. The molecule has 0 saturated heterocycles. The van der Waals surface area contributed by atoms with Crippen LogP contribution in [0.4, 0.5) is 0 Å². The molecule has 0 radical (unpaired) electrons. The van der Waals surface area contributed by atoms with E-state index in [9.17, 15) is 0 Å². The zero-order valence-corrected chi connectivity index (χ0v) is 17.4. The minimum Gasteiger partial charge on any atom is -0.0625 e. The van der Waals surface area contributed by atoms with E-state index in [4.69, 9.17) is 0 Å². The zero-order valence-electron chi connectivity index (χ0n) is 16.5. The maximum Gasteiger partial charge on any atom is -0.00953 e. The maximum absolute atomic E-state index is 2.47. The van der Waals surface area contributed by atoms with Gasteiger partial charge in [-0.1, -0.05) is 75.7 Å². The average molecular weight is 353 g/mol. The van der Waals surface area contributed by atoms with Gasteiger partial charge in [0.15, 0.2) is 0 Å². The Kier molecular flexibility index (Phi) is 6.00. The van der Waals surface area contributed by atoms with Gasteiger partial charge in [-0.15, -0.1) is 0 Å². The van der Waals surface area contributed by atoms with Crippen molar-refractivity contribution in [1.82, 2.24) is 0 Å². The quantitative estimate of drug-likeness (QED) is 0.575. The summed E-state index contributed by atoms with van der Waals surface area (Å²) in [5.74, 6) is 2.48. The van der Waals surface area contributed by atoms with Crippen LogP contribution in [0.15, 0.2) is 48.5 Å². The lowest BCUT2D eigenvalue weighted by Crippen LogP contribution is -2.36. The van der Waals surface area contributed by atoms with Gasteiger partial charge < -0.3 is 0 Å². The first-order valence-electron chi connectivity index (χ1n) is 9.89. The number of hydrogen-bond donors (Lipinski definition) is 0. The molecule has 1 heteroatoms. The summed E-state index contributed by atoms with van der Waals surface area (Å²) in [5.41, 5.74) is 3.75. The monoisotopic (exact) mass is 352 g/mol. The van der Waals surface area contributed by atoms with Crippen molar-refractivity contribution in [2.24, 2.45) is 17.8 Å². The Bertz CT molecular complexity index is 657. The second kappa shape index (κ2) is 8.05. The molecule has 25 heavy (non-hydrogen) atoms. The summed E-state index contributed by atoms with van der Waals surface area (Å²) in [6, 6.07) is 18.3. The lowest BCUT2D eigenvalue weighted by atomic mass is 9.77. The van der Waals surface area contributed by atoms with Crippen LogP contribution in [-0.2, 0) is 0 Å². The van der Waals surface area contributed by atoms with Crippen molar-refractivity contribution in [3.05, 3.63) is 59.7 Å². The van der Waals surface area contributed by atoms with Gasteiger partial charge in [-0.25, -0.2) is 0 Å². The number of hydrogen-bond acceptors (Lipinski definition) is 0. The summed E-state index contributed by atoms with van der Waals surface area (Å²) in [7, 11) is -0.309. The first-order valence-corrected chi connectivity index (χ1v) is 11.3. The summed E-state index contributed by atoms with van der Waals surface area (Å²) >= 11 is 0. The summed E-state index contributed by atoms with van der Waals surface area (Å²) in [4.78, 5) is 0. The second-order valence-corrected chi connectivity index (χ2v) is 10.7. The molecule has 0 nitrogen and oxygen atoms in total. The summed E-state index contributed by atoms with van der Waals surface area (Å²) in [6.07, 6.45) is 4.20. The van der Waals surface area contributed by atoms with Crippen molar-refractivity contribution in [2.45, 2.75) is 59.5 Å². The highest BCUT2D eigenvalue weighted by Gasteiger charge is 2.38. The molecule has 1 fully saturated rings. The Labute approximate surface area is 155 Å². The minimum absolute atomic E-state index is 0.309. The van der Waals surface area contributed by atoms with E-state index in [1.807, 2.05) is 0 Å². The van der Waals surface area contributed by atoms with Gasteiger partial charge >= 0.3 is 0 Å². The standard InChI is InChI=1S/C24H33P/c1-17(2)21-15-14-18(3)16-24(21)25(22-12-8-6-10-19(22)4)23-13-9-7-11-20(23)5/h6-13,17-18,21,24H,14-16H2,1-5H3. The van der Waals surface area contributed by atoms with Crippen molar-refractivity contribution >= 4 is 18.5 Å². The Morgan fingerprint density at radius 2 is 1.36 bits per heavy atom. The first-order chi connectivity index (χ1) is 12.0. The highest BCUT2D eigenvalue weighted by Crippen LogP contribution is 2.52. The third kappa shape index (κ3) is 4.01. The SMILES string of the molecule is Cc1ccccc1P(c1ccccc1C)C1CC(C)CCC1C(C)C. The van der Waals surface area contributed by atoms with Gasteiger partial charge in [-0.05, 0) is 79.8 Å². The molecule has 0 amide bonds. The van der Waals surface area contributed by atoms with Crippen molar-refractivity contribution in [3.63, 3.8) is 0 Å². The smallest absolute Gasteiger partial charge is 0.00953 e. The summed E-state index contributed by atoms with van der Waals surface area (Å²) in [6.45, 7) is 12.0. The van der Waals surface area contributed by atoms with Crippen molar-refractivity contribution in [2.75, 3.05) is 0 Å². The Morgan fingerprint density at radius 1 is 0.840 bits per heavy atom. The van der Waals surface area contributed by atoms with Crippen LogP contribution in [0.5, 0.6) is 0 Å². The third-order valence-electron chi connectivity index (χ3n) is 6.07. The predicted molar refractivity (Wildman–Crippen MR) is 114 cm³/mol. The van der Waals surface area contributed by atoms with E-state index >= 15 is 0 Å². The Morgan fingerprint density at radius 3 is 1.84 bits per heavy atom. The largest absolute Gasteiger partial charge is 0.0625 e. The van der Waals surface area contributed by atoms with Gasteiger partial charge in [0.2, 0.25) is 0 Å². The lowest BCUT2D eigenvalue weighted by Gasteiger charge is -2.43. The van der Waals surface area contributed by atoms with Crippen LogP contribution in [0.1, 0.15) is 51.2 Å². The third-order valence-corrected chi connectivity index (χ3v) is 9.37. The van der Waals surface area contributed by atoms with Gasteiger partial charge in [0.1, 0.15) is 0 Å². The number of rotatable bonds is 4. The van der Waals surface area contributed by atoms with Gasteiger partial charge in [0, 0.05) is 0 Å². The molecule has 1 aliphatic carbocycles. The molecular weight excluding hydrogens is 319 g/mol. The molecule has 0 aliphatic heterocycles. The van der Waals surface area contributed by atoms with Crippen LogP contribution in [0.25, 0.3) is 0 Å². The van der Waals surface area contributed by atoms with Gasteiger partial charge in [-0.2, -0.15) is 0 Å². The fourth-order valence-corrected chi connectivity index (χ4v) is 8.43. The molecule has 3 atom stereocenters. The highest BCUT2D eigenvalue weighted by atomic mass is 31.1. The van der Waals surface area contributed by atoms with Crippen LogP contribution in [0.2, 0.25) is 0 Å². The van der Waals surface area contributed by atoms with Crippen molar-refractivity contribution in [1.29, 1.82) is 0 Å². The first kappa shape index (κ1) is 18.7. The van der Waals surface area contributed by atoms with Crippen molar-refractivity contribution < 1.29 is 0 Å². The molecule has 3 unspecified atom stereocenters. The Balaban J connectivity index is 2.13. The van der Waals surface area contributed by atoms with E-state index in [1.165, 1.54) is 30.4 Å². The van der Waals surface area contributed by atoms with Crippen LogP contribution < -0.4 is 10.6 Å². The summed E-state index contributed by atoms with van der Waals surface area (Å²) in [5, 5.41) is 3.22. The van der Waals surface area contributed by atoms with Gasteiger partial charge in [-0.3, -0.25) is 0 Å². The van der Waals surface area contributed by atoms with Crippen molar-refractivity contribution in [3.8, 4) is 0 Å². The molecular formula is C24H33P. The minimum atomic E-state index is -0.309. The van der Waals surface area contributed by atoms with E-state index in [1.54, 1.807) is 10.6 Å². The van der Waals surface area contributed by atoms with Gasteiger partial charge in [0.25, 0.3) is 0 Å². The number of aryl methyl sites for hydroxylation is 2. The molecule has 134 valence electrons. The molecule has 0 heterocycles. The van der Waals surface area contributed by atoms with E-state index < -0.39 is 0 Å². The lowest BCUT2D eigenvalue weighted by molar-refractivity contribution is 0.242. The molecule has 1 aliphatic rings. The average Bonchev–Trinajstić information content (AvgIpc) is 2.58. The highest BCUT2D eigenvalue weighted by molar-refractivity contribution is 7.73. The predicted octanol–water partition coefficient (Wildman–Crippen LogP) is 6.20. The van der Waals surface area contributed by atoms with E-state index in [-0.39, 0.29) is 7.92 Å². The Hall–Kier alpha value is -1.13. The van der Waals surface area contributed by atoms with Crippen LogP contribution in [-0.4, -0.2) is 5.66 Å². The molecule has 1 saturated carbocycles. The fraction of sp³-hybridized carbons (Fsp3) is 0.500. The molecule has 0 bridgehead atoms. The zero-order chi connectivity index (χ0) is 18.0. The van der Waals surface area contributed by atoms with E-state index in [0.717, 1.165) is 23.4 Å². The van der Waals surface area contributed by atoms with Crippen LogP contribution >= 0.6 is 7.92 Å². The second-order valence-electron chi connectivity index (χ2n) is 8.34. The molecule has 2 aromatic carbocycles. The summed E-state index contributed by atoms with van der Waals surface area (Å²) < 4.78 is 0. The van der Waals surface area contributed by atoms with Crippen LogP contribution in [0, 0.1) is 31.6 Å². The molecule has 2 aromatic rings. The topological polar surface area (TPSA) is 0 Å². The molecule has 0 aromatic heterocycles. The molecule has 3 rings (SSSR count). The molecule has 0 spiro atoms. The number of benzene rings is 2. The molecule has 0 N–H and O–H groups in total.